The van der Waals surface area contributed by atoms with Crippen molar-refractivity contribution < 1.29 is 38.1 Å². The van der Waals surface area contributed by atoms with Crippen LogP contribution in [0.1, 0.15) is 13.8 Å². The predicted octanol–water partition coefficient (Wildman–Crippen LogP) is 0.608. The Morgan fingerprint density at radius 3 is 1.40 bits per heavy atom. The van der Waals surface area contributed by atoms with Crippen LogP contribution in [0, 0.1) is 0 Å². The van der Waals surface area contributed by atoms with Crippen molar-refractivity contribution in [3.63, 3.8) is 0 Å². The SMILES string of the molecule is CC(=O)Oc1cc(OC=O)c(OC=O)cc1OC(C)=O. The molecule has 0 radical (unpaired) electrons. The molecule has 0 fully saturated rings. The zero-order valence-electron chi connectivity index (χ0n) is 10.6. The van der Waals surface area contributed by atoms with Gasteiger partial charge in [0.05, 0.1) is 0 Å². The number of ether oxygens (including phenoxy) is 4. The Balaban J connectivity index is 3.32. The molecular weight excluding hydrogens is 272 g/mol. The zero-order valence-corrected chi connectivity index (χ0v) is 10.6. The van der Waals surface area contributed by atoms with E-state index >= 15 is 0 Å². The lowest BCUT2D eigenvalue weighted by molar-refractivity contribution is -0.134. The highest BCUT2D eigenvalue weighted by molar-refractivity contribution is 5.75. The van der Waals surface area contributed by atoms with Gasteiger partial charge in [-0.15, -0.1) is 0 Å². The normalized spacial score (nSPS) is 9.30. The first-order valence-corrected chi connectivity index (χ1v) is 5.23. The van der Waals surface area contributed by atoms with Crippen LogP contribution in [0.4, 0.5) is 0 Å². The summed E-state index contributed by atoms with van der Waals surface area (Å²) in [5, 5.41) is 0. The molecule has 0 spiro atoms. The Morgan fingerprint density at radius 2 is 1.15 bits per heavy atom. The topological polar surface area (TPSA) is 105 Å². The van der Waals surface area contributed by atoms with Crippen molar-refractivity contribution >= 4 is 24.9 Å². The Bertz CT molecular complexity index is 500. The van der Waals surface area contributed by atoms with Crippen molar-refractivity contribution in [2.24, 2.45) is 0 Å². The maximum absolute atomic E-state index is 11.0. The van der Waals surface area contributed by atoms with Gasteiger partial charge in [0.2, 0.25) is 0 Å². The van der Waals surface area contributed by atoms with E-state index in [2.05, 4.69) is 9.47 Å². The monoisotopic (exact) mass is 282 g/mol. The van der Waals surface area contributed by atoms with Gasteiger partial charge in [-0.25, -0.2) is 0 Å². The Morgan fingerprint density at radius 1 is 0.800 bits per heavy atom. The van der Waals surface area contributed by atoms with Crippen LogP contribution < -0.4 is 18.9 Å². The third-order valence-electron chi connectivity index (χ3n) is 1.87. The number of benzene rings is 1. The number of esters is 2. The molecule has 8 heteroatoms. The minimum absolute atomic E-state index is 0.0933. The summed E-state index contributed by atoms with van der Waals surface area (Å²) >= 11 is 0. The van der Waals surface area contributed by atoms with Gasteiger partial charge in [-0.05, 0) is 0 Å². The maximum atomic E-state index is 11.0. The fourth-order valence-corrected chi connectivity index (χ4v) is 1.28. The maximum Gasteiger partial charge on any atom is 0.308 e. The predicted molar refractivity (Wildman–Crippen MR) is 62.4 cm³/mol. The average Bonchev–Trinajstić information content (AvgIpc) is 2.33. The summed E-state index contributed by atoms with van der Waals surface area (Å²) in [5.74, 6) is -2.05. The number of carbonyl (C=O) groups excluding carboxylic acids is 4. The molecule has 0 amide bonds. The van der Waals surface area contributed by atoms with E-state index < -0.39 is 11.9 Å². The van der Waals surface area contributed by atoms with Crippen LogP contribution in [0.3, 0.4) is 0 Å². The van der Waals surface area contributed by atoms with Gasteiger partial charge < -0.3 is 18.9 Å². The highest BCUT2D eigenvalue weighted by Crippen LogP contribution is 2.39. The molecule has 8 nitrogen and oxygen atoms in total. The van der Waals surface area contributed by atoms with E-state index in [1.165, 1.54) is 0 Å². The van der Waals surface area contributed by atoms with Crippen molar-refractivity contribution in [1.82, 2.24) is 0 Å². The molecule has 0 aromatic heterocycles. The summed E-state index contributed by atoms with van der Waals surface area (Å²) in [6, 6.07) is 2.15. The van der Waals surface area contributed by atoms with E-state index in [-0.39, 0.29) is 35.9 Å². The van der Waals surface area contributed by atoms with Crippen LogP contribution >= 0.6 is 0 Å². The number of rotatable bonds is 6. The first-order chi connectivity index (χ1) is 9.47. The van der Waals surface area contributed by atoms with Gasteiger partial charge in [-0.1, -0.05) is 0 Å². The van der Waals surface area contributed by atoms with Gasteiger partial charge in [-0.3, -0.25) is 19.2 Å². The summed E-state index contributed by atoms with van der Waals surface area (Å²) in [6.07, 6.45) is 0. The summed E-state index contributed by atoms with van der Waals surface area (Å²) < 4.78 is 18.8. The van der Waals surface area contributed by atoms with Crippen LogP contribution in [-0.2, 0) is 19.2 Å². The highest BCUT2D eigenvalue weighted by atomic mass is 16.6. The molecule has 1 rings (SSSR count). The first-order valence-electron chi connectivity index (χ1n) is 5.23. The Hall–Kier alpha value is -2.90. The van der Waals surface area contributed by atoms with E-state index in [4.69, 9.17) is 9.47 Å². The zero-order chi connectivity index (χ0) is 15.1. The third kappa shape index (κ3) is 4.09. The van der Waals surface area contributed by atoms with Gasteiger partial charge in [-0.2, -0.15) is 0 Å². The molecule has 1 aromatic carbocycles. The van der Waals surface area contributed by atoms with Crippen molar-refractivity contribution in [3.8, 4) is 23.0 Å². The molecule has 0 N–H and O–H groups in total. The minimum Gasteiger partial charge on any atom is -0.425 e. The van der Waals surface area contributed by atoms with E-state index in [9.17, 15) is 19.2 Å². The molecule has 0 aliphatic rings. The van der Waals surface area contributed by atoms with Gasteiger partial charge in [0.25, 0.3) is 12.9 Å². The summed E-state index contributed by atoms with van der Waals surface area (Å²) in [7, 11) is 0. The van der Waals surface area contributed by atoms with Crippen molar-refractivity contribution in [1.29, 1.82) is 0 Å². The molecule has 0 unspecified atom stereocenters. The standard InChI is InChI=1S/C12H10O8/c1-7(15)19-11-3-9(17-5-13)10(18-6-14)4-12(11)20-8(2)16/h3-6H,1-2H3. The lowest BCUT2D eigenvalue weighted by Crippen LogP contribution is -2.08. The summed E-state index contributed by atoms with van der Waals surface area (Å²) in [4.78, 5) is 42.7. The second kappa shape index (κ2) is 6.88. The molecule has 0 bridgehead atoms. The first kappa shape index (κ1) is 15.2. The van der Waals surface area contributed by atoms with Crippen LogP contribution in [0.2, 0.25) is 0 Å². The van der Waals surface area contributed by atoms with Crippen molar-refractivity contribution in [2.45, 2.75) is 13.8 Å². The van der Waals surface area contributed by atoms with E-state index in [0.29, 0.717) is 0 Å². The largest absolute Gasteiger partial charge is 0.425 e. The lowest BCUT2D eigenvalue weighted by atomic mass is 10.2. The molecule has 0 aliphatic carbocycles. The molecule has 0 saturated heterocycles. The number of hydrogen-bond acceptors (Lipinski definition) is 8. The third-order valence-corrected chi connectivity index (χ3v) is 1.87. The molecule has 20 heavy (non-hydrogen) atoms. The van der Waals surface area contributed by atoms with Crippen molar-refractivity contribution in [2.75, 3.05) is 0 Å². The molecule has 0 atom stereocenters. The van der Waals surface area contributed by atoms with E-state index in [0.717, 1.165) is 26.0 Å². The van der Waals surface area contributed by atoms with Crippen molar-refractivity contribution in [3.05, 3.63) is 12.1 Å². The summed E-state index contributed by atoms with van der Waals surface area (Å²) in [6.45, 7) is 2.45. The van der Waals surface area contributed by atoms with E-state index in [1.54, 1.807) is 0 Å². The fraction of sp³-hybridized carbons (Fsp3) is 0.167. The van der Waals surface area contributed by atoms with E-state index in [1.807, 2.05) is 0 Å². The second-order valence-electron chi connectivity index (χ2n) is 3.36. The Kier molecular flexibility index (Phi) is 5.21. The van der Waals surface area contributed by atoms with Crippen LogP contribution in [-0.4, -0.2) is 24.9 Å². The van der Waals surface area contributed by atoms with Crippen LogP contribution in [0.15, 0.2) is 12.1 Å². The second-order valence-corrected chi connectivity index (χ2v) is 3.36. The number of carbonyl (C=O) groups is 4. The highest BCUT2D eigenvalue weighted by Gasteiger charge is 2.17. The van der Waals surface area contributed by atoms with Crippen LogP contribution in [0.5, 0.6) is 23.0 Å². The molecule has 106 valence electrons. The quantitative estimate of drug-likeness (QED) is 0.424. The van der Waals surface area contributed by atoms with Gasteiger partial charge in [0, 0.05) is 26.0 Å². The molecule has 0 aliphatic heterocycles. The van der Waals surface area contributed by atoms with Gasteiger partial charge in [0.15, 0.2) is 23.0 Å². The molecule has 1 aromatic rings. The molecule has 0 saturated carbocycles. The van der Waals surface area contributed by atoms with Crippen LogP contribution in [0.25, 0.3) is 0 Å². The smallest absolute Gasteiger partial charge is 0.308 e. The Labute approximate surface area is 113 Å². The number of hydrogen-bond donors (Lipinski definition) is 0. The minimum atomic E-state index is -0.681. The average molecular weight is 282 g/mol. The molecule has 0 heterocycles. The molecular formula is C12H10O8. The van der Waals surface area contributed by atoms with Gasteiger partial charge in [0.1, 0.15) is 0 Å². The van der Waals surface area contributed by atoms with Gasteiger partial charge >= 0.3 is 11.9 Å². The lowest BCUT2D eigenvalue weighted by Gasteiger charge is -2.12. The fourth-order valence-electron chi connectivity index (χ4n) is 1.28. The summed E-state index contributed by atoms with van der Waals surface area (Å²) in [5.41, 5.74) is 0.